The molecule has 226 valence electrons. The van der Waals surface area contributed by atoms with Gasteiger partial charge in [0.2, 0.25) is 0 Å². The van der Waals surface area contributed by atoms with Gasteiger partial charge in [-0.2, -0.15) is 5.10 Å². The van der Waals surface area contributed by atoms with Crippen molar-refractivity contribution in [2.45, 2.75) is 32.4 Å². The molecule has 0 unspecified atom stereocenters. The first kappa shape index (κ1) is 28.9. The molecule has 1 atom stereocenters. The van der Waals surface area contributed by atoms with Crippen LogP contribution in [-0.4, -0.2) is 68.0 Å². The van der Waals surface area contributed by atoms with Crippen LogP contribution in [0.5, 0.6) is 17.2 Å². The van der Waals surface area contributed by atoms with Crippen molar-refractivity contribution in [2.24, 2.45) is 0 Å². The molecular weight excluding hydrogens is 582 g/mol. The molecule has 2 aromatic carbocycles. The minimum Gasteiger partial charge on any atom is -0.497 e. The minimum absolute atomic E-state index is 0.125. The maximum Gasteiger partial charge on any atom is 0.407 e. The molecule has 1 aliphatic heterocycles. The highest BCUT2D eigenvalue weighted by atomic mass is 32.1. The zero-order valence-corrected chi connectivity index (χ0v) is 25.0. The molecule has 3 N–H and O–H groups in total. The molecule has 5 aromatic rings. The first-order chi connectivity index (χ1) is 21.4. The summed E-state index contributed by atoms with van der Waals surface area (Å²) in [7, 11) is 1.63. The fourth-order valence-electron chi connectivity index (χ4n) is 5.12. The lowest BCUT2D eigenvalue weighted by molar-refractivity contribution is 0.102. The van der Waals surface area contributed by atoms with E-state index in [4.69, 9.17) is 14.6 Å². The molecule has 0 saturated carbocycles. The second-order valence-electron chi connectivity index (χ2n) is 10.4. The summed E-state index contributed by atoms with van der Waals surface area (Å²) in [4.78, 5) is 35.6. The predicted molar refractivity (Wildman–Crippen MR) is 167 cm³/mol. The largest absolute Gasteiger partial charge is 0.497 e. The second kappa shape index (κ2) is 12.6. The van der Waals surface area contributed by atoms with E-state index in [1.807, 2.05) is 31.2 Å². The van der Waals surface area contributed by atoms with Gasteiger partial charge in [0.25, 0.3) is 5.91 Å². The van der Waals surface area contributed by atoms with E-state index in [2.05, 4.69) is 20.6 Å². The van der Waals surface area contributed by atoms with Crippen LogP contribution in [-0.2, 0) is 6.54 Å². The molecule has 2 amide bonds. The smallest absolute Gasteiger partial charge is 0.407 e. The van der Waals surface area contributed by atoms with Crippen LogP contribution in [0.3, 0.4) is 0 Å². The molecule has 12 nitrogen and oxygen atoms in total. The Hall–Kier alpha value is -5.17. The quantitative estimate of drug-likeness (QED) is 0.186. The number of nitrogens with zero attached hydrogens (tertiary/aromatic N) is 5. The van der Waals surface area contributed by atoms with Crippen LogP contribution in [0.1, 0.15) is 33.6 Å². The topological polar surface area (TPSA) is 144 Å². The molecule has 1 saturated heterocycles. The molecule has 0 bridgehead atoms. The van der Waals surface area contributed by atoms with Crippen molar-refractivity contribution in [2.75, 3.05) is 30.8 Å². The van der Waals surface area contributed by atoms with Crippen molar-refractivity contribution in [1.82, 2.24) is 24.6 Å². The molecule has 1 aliphatic rings. The monoisotopic (exact) mass is 613 g/mol. The molecule has 13 heteroatoms. The summed E-state index contributed by atoms with van der Waals surface area (Å²) in [5.74, 6) is 2.12. The van der Waals surface area contributed by atoms with Crippen molar-refractivity contribution in [1.29, 1.82) is 0 Å². The average Bonchev–Trinajstić information content (AvgIpc) is 3.60. The predicted octanol–water partition coefficient (Wildman–Crippen LogP) is 5.85. The Morgan fingerprint density at radius 3 is 2.55 bits per heavy atom. The van der Waals surface area contributed by atoms with E-state index in [0.717, 1.165) is 29.0 Å². The van der Waals surface area contributed by atoms with E-state index < -0.39 is 6.09 Å². The van der Waals surface area contributed by atoms with Crippen LogP contribution >= 0.6 is 11.3 Å². The summed E-state index contributed by atoms with van der Waals surface area (Å²) < 4.78 is 13.4. The van der Waals surface area contributed by atoms with Crippen molar-refractivity contribution >= 4 is 45.3 Å². The molecule has 6 rings (SSSR count). The van der Waals surface area contributed by atoms with Gasteiger partial charge in [-0.25, -0.2) is 19.4 Å². The number of methoxy groups -OCH3 is 1. The number of amides is 2. The lowest BCUT2D eigenvalue weighted by Gasteiger charge is -2.31. The van der Waals surface area contributed by atoms with E-state index in [1.165, 1.54) is 16.2 Å². The molecule has 0 radical (unpaired) electrons. The normalized spacial score (nSPS) is 14.8. The van der Waals surface area contributed by atoms with Crippen LogP contribution in [0.15, 0.2) is 67.0 Å². The number of anilines is 2. The molecule has 4 heterocycles. The van der Waals surface area contributed by atoms with Crippen molar-refractivity contribution in [3.8, 4) is 17.2 Å². The van der Waals surface area contributed by atoms with Crippen LogP contribution in [0.25, 0.3) is 11.0 Å². The number of piperidine rings is 1. The van der Waals surface area contributed by atoms with Crippen LogP contribution in [0.2, 0.25) is 0 Å². The number of pyridine rings is 1. The Kier molecular flexibility index (Phi) is 8.28. The third-order valence-corrected chi connectivity index (χ3v) is 8.13. The van der Waals surface area contributed by atoms with Gasteiger partial charge in [-0.05, 0) is 61.7 Å². The van der Waals surface area contributed by atoms with Crippen molar-refractivity contribution < 1.29 is 24.2 Å². The van der Waals surface area contributed by atoms with Gasteiger partial charge < -0.3 is 24.8 Å². The SMILES string of the molecule is COc1ccc(Cn2nc(N[C@@H]3CCCN(C(=O)O)C3)c3c(Oc4ccc(C(=O)Nc5ncc(C)s5)cc4)ccnc32)cc1. The summed E-state index contributed by atoms with van der Waals surface area (Å²) in [6.07, 6.45) is 4.00. The van der Waals surface area contributed by atoms with Gasteiger partial charge in [-0.1, -0.05) is 12.1 Å². The third-order valence-electron chi connectivity index (χ3n) is 7.30. The van der Waals surface area contributed by atoms with Crippen LogP contribution in [0, 0.1) is 6.92 Å². The Morgan fingerprint density at radius 2 is 1.84 bits per heavy atom. The van der Waals surface area contributed by atoms with Gasteiger partial charge >= 0.3 is 6.09 Å². The summed E-state index contributed by atoms with van der Waals surface area (Å²) in [6.45, 7) is 3.24. The standard InChI is InChI=1S/C31H31N7O5S/c1-19-16-33-30(44-19)35-29(39)21-7-11-24(12-8-21)43-25-13-14-32-28-26(25)27(34-22-4-3-15-37(18-22)31(40)41)36-38(28)17-20-5-9-23(42-2)10-6-20/h5-14,16,22H,3-4,15,17-18H2,1-2H3,(H,34,36)(H,40,41)(H,33,35,39)/t22-/m1/s1. The molecular formula is C31H31N7O5S. The van der Waals surface area contributed by atoms with Gasteiger partial charge in [0, 0.05) is 48.0 Å². The Bertz CT molecular complexity index is 1790. The minimum atomic E-state index is -0.934. The number of hydrogen-bond donors (Lipinski definition) is 3. The van der Waals surface area contributed by atoms with Crippen LogP contribution in [0.4, 0.5) is 15.7 Å². The van der Waals surface area contributed by atoms with E-state index in [9.17, 15) is 14.7 Å². The fourth-order valence-corrected chi connectivity index (χ4v) is 5.77. The number of rotatable bonds is 9. The second-order valence-corrected chi connectivity index (χ2v) is 11.7. The Labute approximate surface area is 257 Å². The number of hydrogen-bond acceptors (Lipinski definition) is 9. The number of aryl methyl sites for hydroxylation is 1. The average molecular weight is 614 g/mol. The summed E-state index contributed by atoms with van der Waals surface area (Å²) in [6, 6.07) is 16.2. The molecule has 1 fully saturated rings. The molecule has 0 aliphatic carbocycles. The van der Waals surface area contributed by atoms with E-state index in [-0.39, 0.29) is 11.9 Å². The van der Waals surface area contributed by atoms with Gasteiger partial charge in [0.1, 0.15) is 22.6 Å². The number of nitrogens with one attached hydrogen (secondary N) is 2. The van der Waals surface area contributed by atoms with Gasteiger partial charge in [-0.3, -0.25) is 10.1 Å². The fraction of sp³-hybridized carbons (Fsp3) is 0.258. The number of aromatic nitrogens is 4. The highest BCUT2D eigenvalue weighted by molar-refractivity contribution is 7.15. The number of benzene rings is 2. The summed E-state index contributed by atoms with van der Waals surface area (Å²) in [5.41, 5.74) is 2.09. The van der Waals surface area contributed by atoms with Gasteiger partial charge in [0.05, 0.1) is 13.7 Å². The first-order valence-corrected chi connectivity index (χ1v) is 14.9. The molecule has 3 aromatic heterocycles. The van der Waals surface area contributed by atoms with E-state index in [0.29, 0.717) is 58.7 Å². The van der Waals surface area contributed by atoms with E-state index >= 15 is 0 Å². The number of carbonyl (C=O) groups excluding carboxylic acids is 1. The number of carboxylic acid groups (broad SMARTS) is 1. The molecule has 44 heavy (non-hydrogen) atoms. The Morgan fingerprint density at radius 1 is 1.07 bits per heavy atom. The zero-order chi connectivity index (χ0) is 30.6. The molecule has 0 spiro atoms. The van der Waals surface area contributed by atoms with Gasteiger partial charge in [-0.15, -0.1) is 11.3 Å². The number of carbonyl (C=O) groups is 2. The maximum absolute atomic E-state index is 12.7. The summed E-state index contributed by atoms with van der Waals surface area (Å²) in [5, 5.41) is 21.9. The van der Waals surface area contributed by atoms with Crippen LogP contribution < -0.4 is 20.1 Å². The maximum atomic E-state index is 12.7. The number of thiazole rings is 1. The zero-order valence-electron chi connectivity index (χ0n) is 24.2. The Balaban J connectivity index is 1.29. The van der Waals surface area contributed by atoms with Crippen molar-refractivity contribution in [3.05, 3.63) is 83.0 Å². The van der Waals surface area contributed by atoms with Gasteiger partial charge in [0.15, 0.2) is 16.6 Å². The lowest BCUT2D eigenvalue weighted by Crippen LogP contribution is -2.44. The van der Waals surface area contributed by atoms with Crippen molar-refractivity contribution in [3.63, 3.8) is 0 Å². The first-order valence-electron chi connectivity index (χ1n) is 14.1. The van der Waals surface area contributed by atoms with E-state index in [1.54, 1.807) is 54.5 Å². The highest BCUT2D eigenvalue weighted by Gasteiger charge is 2.26. The third kappa shape index (κ3) is 6.42. The summed E-state index contributed by atoms with van der Waals surface area (Å²) >= 11 is 1.41. The lowest BCUT2D eigenvalue weighted by atomic mass is 10.1. The number of likely N-dealkylation sites (tertiary alicyclic amines) is 1. The number of fused-ring (bicyclic) bond motifs is 1. The highest BCUT2D eigenvalue weighted by Crippen LogP contribution is 2.35. The number of ether oxygens (including phenoxy) is 2.